The summed E-state index contributed by atoms with van der Waals surface area (Å²) in [5, 5.41) is 0. The lowest BCUT2D eigenvalue weighted by Gasteiger charge is -2.07. The molecule has 0 aliphatic rings. The number of hydrogen-bond donors (Lipinski definition) is 0. The molecule has 2 rings (SSSR count). The van der Waals surface area contributed by atoms with Crippen LogP contribution in [0.15, 0.2) is 47.7 Å². The summed E-state index contributed by atoms with van der Waals surface area (Å²) in [7, 11) is 0. The first-order chi connectivity index (χ1) is 10.3. The summed E-state index contributed by atoms with van der Waals surface area (Å²) in [6, 6.07) is 11.8. The van der Waals surface area contributed by atoms with Gasteiger partial charge in [0.2, 0.25) is 5.88 Å². The molecule has 0 fully saturated rings. The van der Waals surface area contributed by atoms with Gasteiger partial charge in [0.25, 0.3) is 0 Å². The second-order valence-corrected chi connectivity index (χ2v) is 4.15. The fourth-order valence-electron chi connectivity index (χ4n) is 1.80. The lowest BCUT2D eigenvalue weighted by molar-refractivity contribution is 0.354. The van der Waals surface area contributed by atoms with E-state index in [2.05, 4.69) is 26.8 Å². The molecule has 0 N–H and O–H groups in total. The van der Waals surface area contributed by atoms with Gasteiger partial charge in [0.05, 0.1) is 11.4 Å². The van der Waals surface area contributed by atoms with Gasteiger partial charge in [-0.2, -0.15) is 0 Å². The van der Waals surface area contributed by atoms with Gasteiger partial charge in [-0.1, -0.05) is 36.3 Å². The number of hydrogen-bond acceptors (Lipinski definition) is 4. The molecule has 2 aromatic rings. The Labute approximate surface area is 124 Å². The van der Waals surface area contributed by atoms with Gasteiger partial charge in [0, 0.05) is 18.2 Å². The molecule has 4 heteroatoms. The first-order valence-corrected chi connectivity index (χ1v) is 6.79. The van der Waals surface area contributed by atoms with E-state index in [0.717, 1.165) is 17.0 Å². The molecule has 0 saturated heterocycles. The summed E-state index contributed by atoms with van der Waals surface area (Å²) in [6.45, 7) is 4.78. The van der Waals surface area contributed by atoms with Crippen molar-refractivity contribution < 1.29 is 4.74 Å². The smallest absolute Gasteiger partial charge is 0.217 e. The highest BCUT2D eigenvalue weighted by Crippen LogP contribution is 2.13. The van der Waals surface area contributed by atoms with Crippen molar-refractivity contribution in [3.8, 4) is 17.7 Å². The van der Waals surface area contributed by atoms with Crippen LogP contribution in [0.1, 0.15) is 25.1 Å². The molecule has 1 aromatic heterocycles. The van der Waals surface area contributed by atoms with Crippen LogP contribution in [0.25, 0.3) is 0 Å². The Kier molecular flexibility index (Phi) is 5.48. The monoisotopic (exact) mass is 279 g/mol. The van der Waals surface area contributed by atoms with E-state index in [1.54, 1.807) is 13.0 Å². The van der Waals surface area contributed by atoms with Gasteiger partial charge in [-0.25, -0.2) is 9.97 Å². The first-order valence-electron chi connectivity index (χ1n) is 6.79. The highest BCUT2D eigenvalue weighted by Gasteiger charge is 2.09. The average molecular weight is 279 g/mol. The lowest BCUT2D eigenvalue weighted by atomic mass is 10.1. The van der Waals surface area contributed by atoms with Gasteiger partial charge < -0.3 is 4.74 Å². The van der Waals surface area contributed by atoms with Crippen molar-refractivity contribution in [1.29, 1.82) is 0 Å². The van der Waals surface area contributed by atoms with Crippen LogP contribution < -0.4 is 4.74 Å². The maximum absolute atomic E-state index is 5.47. The molecule has 21 heavy (non-hydrogen) atoms. The second-order valence-electron chi connectivity index (χ2n) is 4.15. The predicted octanol–water partition coefficient (Wildman–Crippen LogP) is 2.74. The minimum absolute atomic E-state index is 0.318. The molecule has 0 atom stereocenters. The van der Waals surface area contributed by atoms with Gasteiger partial charge >= 0.3 is 0 Å². The van der Waals surface area contributed by atoms with Crippen LogP contribution in [0.4, 0.5) is 0 Å². The molecule has 0 bridgehead atoms. The van der Waals surface area contributed by atoms with Crippen LogP contribution in [0.5, 0.6) is 5.88 Å². The van der Waals surface area contributed by atoms with E-state index in [1.807, 2.05) is 37.3 Å². The molecule has 0 amide bonds. The van der Waals surface area contributed by atoms with Crippen molar-refractivity contribution in [3.05, 3.63) is 54.0 Å². The third kappa shape index (κ3) is 4.15. The van der Waals surface area contributed by atoms with Crippen molar-refractivity contribution in [2.45, 2.75) is 13.8 Å². The van der Waals surface area contributed by atoms with Gasteiger partial charge in [-0.3, -0.25) is 4.99 Å². The first kappa shape index (κ1) is 14.7. The molecule has 0 aliphatic heterocycles. The van der Waals surface area contributed by atoms with Crippen molar-refractivity contribution in [2.24, 2.45) is 4.99 Å². The van der Waals surface area contributed by atoms with Crippen molar-refractivity contribution in [1.82, 2.24) is 9.97 Å². The summed E-state index contributed by atoms with van der Waals surface area (Å²) < 4.78 is 5.47. The number of aliphatic imine (C=N–C) groups is 1. The fourth-order valence-corrected chi connectivity index (χ4v) is 1.80. The number of rotatable bonds is 5. The van der Waals surface area contributed by atoms with Crippen LogP contribution in [0, 0.1) is 11.8 Å². The van der Waals surface area contributed by atoms with E-state index in [4.69, 9.17) is 4.74 Å². The molecule has 0 radical (unpaired) electrons. The number of nitrogens with zero attached hydrogens (tertiary/aromatic N) is 3. The Balaban J connectivity index is 2.31. The highest BCUT2D eigenvalue weighted by atomic mass is 16.5. The minimum atomic E-state index is 0.318. The third-order valence-corrected chi connectivity index (χ3v) is 2.72. The Hall–Kier alpha value is -2.67. The number of aromatic nitrogens is 2. The van der Waals surface area contributed by atoms with Crippen molar-refractivity contribution in [2.75, 3.05) is 13.2 Å². The van der Waals surface area contributed by atoms with E-state index in [9.17, 15) is 0 Å². The molecule has 0 spiro atoms. The summed E-state index contributed by atoms with van der Waals surface area (Å²) in [5.41, 5.74) is 2.61. The van der Waals surface area contributed by atoms with E-state index in [-0.39, 0.29) is 0 Å². The second kappa shape index (κ2) is 7.81. The largest absolute Gasteiger partial charge is 0.464 e. The molecule has 0 aliphatic carbocycles. The number of benzene rings is 1. The van der Waals surface area contributed by atoms with Crippen LogP contribution in [-0.4, -0.2) is 28.8 Å². The Morgan fingerprint density at radius 3 is 2.76 bits per heavy atom. The highest BCUT2D eigenvalue weighted by molar-refractivity contribution is 6.11. The van der Waals surface area contributed by atoms with E-state index in [0.29, 0.717) is 19.0 Å². The van der Waals surface area contributed by atoms with Gasteiger partial charge in [-0.05, 0) is 13.8 Å². The molecular weight excluding hydrogens is 262 g/mol. The lowest BCUT2D eigenvalue weighted by Crippen LogP contribution is -2.08. The summed E-state index contributed by atoms with van der Waals surface area (Å²) in [5.74, 6) is 6.12. The molecule has 0 saturated carbocycles. The van der Waals surface area contributed by atoms with Gasteiger partial charge in [0.1, 0.15) is 6.33 Å². The zero-order chi connectivity index (χ0) is 14.9. The van der Waals surface area contributed by atoms with E-state index >= 15 is 0 Å². The molecule has 1 heterocycles. The molecule has 4 nitrogen and oxygen atoms in total. The topological polar surface area (TPSA) is 47.4 Å². The fraction of sp³-hybridized carbons (Fsp3) is 0.235. The quantitative estimate of drug-likeness (QED) is 0.624. The van der Waals surface area contributed by atoms with Crippen LogP contribution in [-0.2, 0) is 0 Å². The SMILES string of the molecule is CC#CCOc1cc(C(=NCC)c2ccccc2)ncn1. The van der Waals surface area contributed by atoms with Crippen LogP contribution in [0.2, 0.25) is 0 Å². The standard InChI is InChI=1S/C17H17N3O/c1-3-5-11-21-16-12-15(19-13-20-16)17(18-4-2)14-9-7-6-8-10-14/h6-10,12-13H,4,11H2,1-2H3. The zero-order valence-electron chi connectivity index (χ0n) is 12.2. The normalized spacial score (nSPS) is 10.7. The van der Waals surface area contributed by atoms with Crippen molar-refractivity contribution in [3.63, 3.8) is 0 Å². The van der Waals surface area contributed by atoms with Crippen LogP contribution >= 0.6 is 0 Å². The molecule has 1 aromatic carbocycles. The number of ether oxygens (including phenoxy) is 1. The Morgan fingerprint density at radius 1 is 1.24 bits per heavy atom. The summed E-state index contributed by atoms with van der Waals surface area (Å²) >= 11 is 0. The zero-order valence-corrected chi connectivity index (χ0v) is 12.2. The maximum atomic E-state index is 5.47. The van der Waals surface area contributed by atoms with E-state index < -0.39 is 0 Å². The maximum Gasteiger partial charge on any atom is 0.217 e. The predicted molar refractivity (Wildman–Crippen MR) is 83.6 cm³/mol. The Bertz CT molecular complexity index is 669. The summed E-state index contributed by atoms with van der Waals surface area (Å²) in [6.07, 6.45) is 1.48. The molecule has 106 valence electrons. The molecular formula is C17H17N3O. The van der Waals surface area contributed by atoms with E-state index in [1.165, 1.54) is 6.33 Å². The van der Waals surface area contributed by atoms with Gasteiger partial charge in [-0.15, -0.1) is 5.92 Å². The minimum Gasteiger partial charge on any atom is -0.464 e. The molecule has 0 unspecified atom stereocenters. The van der Waals surface area contributed by atoms with Crippen molar-refractivity contribution >= 4 is 5.71 Å². The summed E-state index contributed by atoms with van der Waals surface area (Å²) in [4.78, 5) is 12.9. The van der Waals surface area contributed by atoms with Gasteiger partial charge in [0.15, 0.2) is 6.61 Å². The third-order valence-electron chi connectivity index (χ3n) is 2.72. The average Bonchev–Trinajstić information content (AvgIpc) is 2.54. The van der Waals surface area contributed by atoms with Crippen LogP contribution in [0.3, 0.4) is 0 Å². The Morgan fingerprint density at radius 2 is 2.05 bits per heavy atom.